The molecule has 1 radical (unpaired) electrons. The number of hydrogen-bond donors (Lipinski definition) is 1. The fourth-order valence-electron chi connectivity index (χ4n) is 0.596. The molecule has 1 aromatic rings. The van der Waals surface area contributed by atoms with Gasteiger partial charge in [-0.3, -0.25) is 9.78 Å². The van der Waals surface area contributed by atoms with Crippen LogP contribution in [0.1, 0.15) is 0 Å². The van der Waals surface area contributed by atoms with Crippen molar-refractivity contribution in [2.24, 2.45) is 0 Å². The van der Waals surface area contributed by atoms with Crippen LogP contribution in [0.3, 0.4) is 0 Å². The average molecular weight is 189 g/mol. The van der Waals surface area contributed by atoms with E-state index in [4.69, 9.17) is 0 Å². The maximum absolute atomic E-state index is 11.7. The Morgan fingerprint density at radius 2 is 2.23 bits per heavy atom. The quantitative estimate of drug-likeness (QED) is 0.725. The Balaban J connectivity index is 2.66. The van der Waals surface area contributed by atoms with Crippen molar-refractivity contribution in [2.75, 3.05) is 5.32 Å². The molecule has 0 unspecified atom stereocenters. The van der Waals surface area contributed by atoms with E-state index in [1.165, 1.54) is 12.1 Å². The monoisotopic (exact) mass is 189 g/mol. The largest absolute Gasteiger partial charge is 0.471 e. The Morgan fingerprint density at radius 1 is 1.54 bits per heavy atom. The molecular formula is C7H4F3N2O. The topological polar surface area (TPSA) is 42.0 Å². The number of nitrogens with zero attached hydrogens (tertiary/aromatic N) is 1. The lowest BCUT2D eigenvalue weighted by molar-refractivity contribution is -0.167. The Morgan fingerprint density at radius 3 is 2.69 bits per heavy atom. The molecule has 0 saturated heterocycles. The minimum atomic E-state index is -4.88. The fraction of sp³-hybridized carbons (Fsp3) is 0.143. The first-order valence-corrected chi connectivity index (χ1v) is 3.20. The highest BCUT2D eigenvalue weighted by molar-refractivity contribution is 5.94. The molecule has 0 spiro atoms. The number of carbonyl (C=O) groups excluding carboxylic acids is 1. The van der Waals surface area contributed by atoms with E-state index in [0.717, 1.165) is 6.20 Å². The van der Waals surface area contributed by atoms with Crippen LogP contribution < -0.4 is 5.32 Å². The number of anilines is 1. The van der Waals surface area contributed by atoms with Gasteiger partial charge in [-0.2, -0.15) is 13.2 Å². The third kappa shape index (κ3) is 2.73. The molecular weight excluding hydrogens is 185 g/mol. The Hall–Kier alpha value is -1.59. The van der Waals surface area contributed by atoms with Crippen LogP contribution in [0.4, 0.5) is 18.9 Å². The molecule has 6 heteroatoms. The van der Waals surface area contributed by atoms with Gasteiger partial charge in [0.2, 0.25) is 0 Å². The summed E-state index contributed by atoms with van der Waals surface area (Å²) in [5.41, 5.74) is -0.0129. The van der Waals surface area contributed by atoms with Gasteiger partial charge in [-0.25, -0.2) is 0 Å². The molecule has 1 amide bonds. The first kappa shape index (κ1) is 9.50. The molecule has 13 heavy (non-hydrogen) atoms. The lowest BCUT2D eigenvalue weighted by Crippen LogP contribution is -2.29. The van der Waals surface area contributed by atoms with Gasteiger partial charge in [0, 0.05) is 0 Å². The standard InChI is InChI=1S/C7H4F3N2O/c8-7(9,10)6(13)12-5-2-1-3-11-4-5/h1-2,4H,(H,12,13). The van der Waals surface area contributed by atoms with Gasteiger partial charge in [-0.05, 0) is 12.1 Å². The molecule has 0 aromatic carbocycles. The van der Waals surface area contributed by atoms with Crippen LogP contribution in [-0.4, -0.2) is 17.1 Å². The number of alkyl halides is 3. The summed E-state index contributed by atoms with van der Waals surface area (Å²) in [6.07, 6.45) is -1.44. The van der Waals surface area contributed by atoms with Crippen LogP contribution in [0.25, 0.3) is 0 Å². The smallest absolute Gasteiger partial charge is 0.317 e. The van der Waals surface area contributed by atoms with Crippen molar-refractivity contribution in [1.29, 1.82) is 0 Å². The first-order valence-electron chi connectivity index (χ1n) is 3.20. The van der Waals surface area contributed by atoms with Crippen molar-refractivity contribution in [1.82, 2.24) is 4.98 Å². The number of rotatable bonds is 1. The van der Waals surface area contributed by atoms with Gasteiger partial charge in [0.25, 0.3) is 0 Å². The third-order valence-electron chi connectivity index (χ3n) is 1.13. The minimum absolute atomic E-state index is 0.0129. The number of halogens is 3. The highest BCUT2D eigenvalue weighted by atomic mass is 19.4. The zero-order chi connectivity index (χ0) is 9.90. The van der Waals surface area contributed by atoms with E-state index in [-0.39, 0.29) is 5.69 Å². The molecule has 1 heterocycles. The zero-order valence-corrected chi connectivity index (χ0v) is 6.22. The molecule has 0 saturated carbocycles. The third-order valence-corrected chi connectivity index (χ3v) is 1.13. The van der Waals surface area contributed by atoms with E-state index in [2.05, 4.69) is 11.2 Å². The summed E-state index contributed by atoms with van der Waals surface area (Å²) in [6, 6.07) is 2.56. The van der Waals surface area contributed by atoms with Crippen molar-refractivity contribution in [3.05, 3.63) is 24.5 Å². The summed E-state index contributed by atoms with van der Waals surface area (Å²) >= 11 is 0. The second-order valence-corrected chi connectivity index (χ2v) is 2.13. The van der Waals surface area contributed by atoms with Gasteiger partial charge in [0.1, 0.15) is 0 Å². The molecule has 0 atom stereocenters. The van der Waals surface area contributed by atoms with Gasteiger partial charge < -0.3 is 5.32 Å². The van der Waals surface area contributed by atoms with Crippen molar-refractivity contribution in [3.8, 4) is 0 Å². The lowest BCUT2D eigenvalue weighted by Gasteiger charge is -2.06. The maximum atomic E-state index is 11.7. The molecule has 0 fully saturated rings. The molecule has 3 nitrogen and oxygen atoms in total. The van der Waals surface area contributed by atoms with Gasteiger partial charge in [-0.15, -0.1) is 0 Å². The van der Waals surface area contributed by atoms with E-state index < -0.39 is 12.1 Å². The van der Waals surface area contributed by atoms with Crippen LogP contribution in [0.15, 0.2) is 18.3 Å². The van der Waals surface area contributed by atoms with E-state index in [1.807, 2.05) is 0 Å². The number of hydrogen-bond acceptors (Lipinski definition) is 2. The molecule has 0 aliphatic heterocycles. The molecule has 1 aromatic heterocycles. The van der Waals surface area contributed by atoms with Crippen LogP contribution in [0.2, 0.25) is 0 Å². The summed E-state index contributed by atoms with van der Waals surface area (Å²) in [5, 5.41) is 1.64. The molecule has 0 aliphatic rings. The second kappa shape index (κ2) is 3.42. The SMILES string of the molecule is O=C(Nc1cc[c]nc1)C(F)(F)F. The van der Waals surface area contributed by atoms with Crippen LogP contribution in [-0.2, 0) is 4.79 Å². The summed E-state index contributed by atoms with van der Waals surface area (Å²) in [6.45, 7) is 0. The molecule has 0 bridgehead atoms. The van der Waals surface area contributed by atoms with Crippen LogP contribution in [0, 0.1) is 6.20 Å². The predicted molar refractivity (Wildman–Crippen MR) is 37.8 cm³/mol. The van der Waals surface area contributed by atoms with E-state index >= 15 is 0 Å². The summed E-state index contributed by atoms with van der Waals surface area (Å²) in [4.78, 5) is 13.8. The number of carbonyl (C=O) groups is 1. The zero-order valence-electron chi connectivity index (χ0n) is 6.22. The Kier molecular flexibility index (Phi) is 2.50. The lowest BCUT2D eigenvalue weighted by atomic mass is 10.4. The minimum Gasteiger partial charge on any atom is -0.317 e. The molecule has 0 aliphatic carbocycles. The summed E-state index contributed by atoms with van der Waals surface area (Å²) < 4.78 is 35.1. The normalized spacial score (nSPS) is 11.0. The van der Waals surface area contributed by atoms with Gasteiger partial charge >= 0.3 is 12.1 Å². The molecule has 1 N–H and O–H groups in total. The number of nitrogens with one attached hydrogen (secondary N) is 1. The van der Waals surface area contributed by atoms with Gasteiger partial charge in [0.15, 0.2) is 0 Å². The highest BCUT2D eigenvalue weighted by Crippen LogP contribution is 2.17. The van der Waals surface area contributed by atoms with Crippen molar-refractivity contribution in [3.63, 3.8) is 0 Å². The van der Waals surface area contributed by atoms with E-state index in [0.29, 0.717) is 0 Å². The average Bonchev–Trinajstić information content (AvgIpc) is 2.04. The molecule has 1 rings (SSSR count). The summed E-state index contributed by atoms with van der Waals surface area (Å²) in [7, 11) is 0. The number of aromatic nitrogens is 1. The number of amides is 1. The summed E-state index contributed by atoms with van der Waals surface area (Å²) in [5.74, 6) is -2.01. The van der Waals surface area contributed by atoms with Crippen molar-refractivity contribution in [2.45, 2.75) is 6.18 Å². The molecule has 69 valence electrons. The predicted octanol–water partition coefficient (Wildman–Crippen LogP) is 1.38. The van der Waals surface area contributed by atoms with Gasteiger partial charge in [0.05, 0.1) is 18.1 Å². The Bertz CT molecular complexity index is 296. The van der Waals surface area contributed by atoms with Crippen molar-refractivity contribution < 1.29 is 18.0 Å². The second-order valence-electron chi connectivity index (χ2n) is 2.13. The highest BCUT2D eigenvalue weighted by Gasteiger charge is 2.38. The maximum Gasteiger partial charge on any atom is 0.471 e. The Labute approximate surface area is 71.6 Å². The fourth-order valence-corrected chi connectivity index (χ4v) is 0.596. The van der Waals surface area contributed by atoms with Gasteiger partial charge in [-0.1, -0.05) is 0 Å². The first-order chi connectivity index (χ1) is 6.00. The van der Waals surface area contributed by atoms with Crippen LogP contribution >= 0.6 is 0 Å². The van der Waals surface area contributed by atoms with Crippen molar-refractivity contribution >= 4 is 11.6 Å². The number of pyridine rings is 1. The van der Waals surface area contributed by atoms with E-state index in [9.17, 15) is 18.0 Å². The van der Waals surface area contributed by atoms with E-state index in [1.54, 1.807) is 5.32 Å². The van der Waals surface area contributed by atoms with Crippen LogP contribution in [0.5, 0.6) is 0 Å².